The molecule has 4 heteroatoms. The summed E-state index contributed by atoms with van der Waals surface area (Å²) in [4.78, 5) is 0. The summed E-state index contributed by atoms with van der Waals surface area (Å²) in [5.74, 6) is 0.683. The molecule has 3 atom stereocenters. The van der Waals surface area contributed by atoms with Crippen molar-refractivity contribution < 1.29 is 8.95 Å². The minimum Gasteiger partial charge on any atom is -0.383 e. The third kappa shape index (κ3) is 5.69. The van der Waals surface area contributed by atoms with Crippen molar-refractivity contribution in [2.75, 3.05) is 19.5 Å². The third-order valence-corrected chi connectivity index (χ3v) is 3.30. The van der Waals surface area contributed by atoms with Crippen molar-refractivity contribution in [2.45, 2.75) is 31.6 Å². The van der Waals surface area contributed by atoms with Gasteiger partial charge in [0, 0.05) is 29.7 Å². The normalized spacial score (nSPS) is 18.7. The smallest absolute Gasteiger partial charge is 0.0603 e. The van der Waals surface area contributed by atoms with Crippen LogP contribution >= 0.6 is 0 Å². The van der Waals surface area contributed by atoms with E-state index in [1.54, 1.807) is 7.11 Å². The van der Waals surface area contributed by atoms with Crippen molar-refractivity contribution in [1.29, 1.82) is 0 Å². The second kappa shape index (κ2) is 6.57. The van der Waals surface area contributed by atoms with Gasteiger partial charge < -0.3 is 10.5 Å². The van der Waals surface area contributed by atoms with E-state index in [1.165, 1.54) is 0 Å². The van der Waals surface area contributed by atoms with Crippen LogP contribution < -0.4 is 5.73 Å². The van der Waals surface area contributed by atoms with E-state index in [9.17, 15) is 4.21 Å². The summed E-state index contributed by atoms with van der Waals surface area (Å²) < 4.78 is 16.3. The minimum absolute atomic E-state index is 0.119. The molecule has 0 aromatic rings. The molecule has 74 valence electrons. The van der Waals surface area contributed by atoms with E-state index in [2.05, 4.69) is 0 Å². The standard InChI is InChI=1S/C8H19NO2S/c1-7(9)4-5-12(10)8(2)6-11-3/h7-8H,4-6,9H2,1-3H3. The topological polar surface area (TPSA) is 52.3 Å². The molecular formula is C8H19NO2S. The number of hydrogen-bond acceptors (Lipinski definition) is 3. The molecule has 3 nitrogen and oxygen atoms in total. The number of ether oxygens (including phenoxy) is 1. The van der Waals surface area contributed by atoms with Crippen LogP contribution in [0.1, 0.15) is 20.3 Å². The molecule has 2 N–H and O–H groups in total. The van der Waals surface area contributed by atoms with Crippen LogP contribution in [0.5, 0.6) is 0 Å². The lowest BCUT2D eigenvalue weighted by atomic mass is 10.3. The van der Waals surface area contributed by atoms with Crippen molar-refractivity contribution in [3.8, 4) is 0 Å². The molecule has 0 fully saturated rings. The van der Waals surface area contributed by atoms with E-state index in [-0.39, 0.29) is 11.3 Å². The lowest BCUT2D eigenvalue weighted by molar-refractivity contribution is 0.201. The number of nitrogens with two attached hydrogens (primary N) is 1. The second-order valence-electron chi connectivity index (χ2n) is 3.12. The molecule has 0 radical (unpaired) electrons. The van der Waals surface area contributed by atoms with Crippen molar-refractivity contribution >= 4 is 10.8 Å². The highest BCUT2D eigenvalue weighted by molar-refractivity contribution is 7.85. The van der Waals surface area contributed by atoms with E-state index in [0.717, 1.165) is 6.42 Å². The zero-order chi connectivity index (χ0) is 9.56. The molecule has 0 spiro atoms. The zero-order valence-electron chi connectivity index (χ0n) is 8.08. The summed E-state index contributed by atoms with van der Waals surface area (Å²) in [6.45, 7) is 4.42. The number of methoxy groups -OCH3 is 1. The highest BCUT2D eigenvalue weighted by Crippen LogP contribution is 1.99. The van der Waals surface area contributed by atoms with Gasteiger partial charge in [-0.2, -0.15) is 0 Å². The van der Waals surface area contributed by atoms with Crippen LogP contribution in [0.2, 0.25) is 0 Å². The van der Waals surface area contributed by atoms with Gasteiger partial charge in [-0.15, -0.1) is 0 Å². The fourth-order valence-corrected chi connectivity index (χ4v) is 2.11. The van der Waals surface area contributed by atoms with Gasteiger partial charge in [-0.1, -0.05) is 0 Å². The Morgan fingerprint density at radius 3 is 2.50 bits per heavy atom. The van der Waals surface area contributed by atoms with E-state index >= 15 is 0 Å². The van der Waals surface area contributed by atoms with Gasteiger partial charge >= 0.3 is 0 Å². The first-order valence-corrected chi connectivity index (χ1v) is 5.57. The fourth-order valence-electron chi connectivity index (χ4n) is 0.814. The Hall–Kier alpha value is 0.0700. The van der Waals surface area contributed by atoms with Crippen molar-refractivity contribution in [3.63, 3.8) is 0 Å². The maximum absolute atomic E-state index is 11.4. The quantitative estimate of drug-likeness (QED) is 0.668. The predicted molar refractivity (Wildman–Crippen MR) is 52.6 cm³/mol. The number of hydrogen-bond donors (Lipinski definition) is 1. The summed E-state index contributed by atoms with van der Waals surface area (Å²) in [5, 5.41) is 0.119. The fraction of sp³-hybridized carbons (Fsp3) is 1.00. The largest absolute Gasteiger partial charge is 0.383 e. The SMILES string of the molecule is COCC(C)S(=O)CCC(C)N. The zero-order valence-corrected chi connectivity index (χ0v) is 8.89. The van der Waals surface area contributed by atoms with Crippen LogP contribution in [0.25, 0.3) is 0 Å². The molecule has 0 saturated carbocycles. The molecule has 0 aliphatic carbocycles. The molecular weight excluding hydrogens is 174 g/mol. The van der Waals surface area contributed by atoms with Crippen molar-refractivity contribution in [3.05, 3.63) is 0 Å². The van der Waals surface area contributed by atoms with Crippen LogP contribution in [0, 0.1) is 0 Å². The molecule has 0 aromatic carbocycles. The second-order valence-corrected chi connectivity index (χ2v) is 5.09. The highest BCUT2D eigenvalue weighted by Gasteiger charge is 2.10. The van der Waals surface area contributed by atoms with Gasteiger partial charge in [0.05, 0.1) is 11.9 Å². The average Bonchev–Trinajstić information content (AvgIpc) is 2.00. The Bertz CT molecular complexity index is 139. The molecule has 0 aliphatic heterocycles. The third-order valence-electron chi connectivity index (χ3n) is 1.62. The van der Waals surface area contributed by atoms with Crippen molar-refractivity contribution in [1.82, 2.24) is 0 Å². The van der Waals surface area contributed by atoms with Gasteiger partial charge in [0.15, 0.2) is 0 Å². The minimum atomic E-state index is -0.790. The molecule has 0 saturated heterocycles. The molecule has 0 aliphatic rings. The van der Waals surface area contributed by atoms with Gasteiger partial charge in [0.2, 0.25) is 0 Å². The summed E-state index contributed by atoms with van der Waals surface area (Å²) in [7, 11) is 0.834. The first kappa shape index (κ1) is 12.1. The van der Waals surface area contributed by atoms with E-state index in [0.29, 0.717) is 12.4 Å². The van der Waals surface area contributed by atoms with Crippen LogP contribution in [-0.4, -0.2) is 35.0 Å². The lowest BCUT2D eigenvalue weighted by Crippen LogP contribution is -2.24. The van der Waals surface area contributed by atoms with Gasteiger partial charge in [-0.3, -0.25) is 4.21 Å². The highest BCUT2D eigenvalue weighted by atomic mass is 32.2. The van der Waals surface area contributed by atoms with E-state index in [4.69, 9.17) is 10.5 Å². The Morgan fingerprint density at radius 1 is 1.50 bits per heavy atom. The van der Waals surface area contributed by atoms with Crippen LogP contribution in [0.4, 0.5) is 0 Å². The van der Waals surface area contributed by atoms with Gasteiger partial charge in [-0.05, 0) is 20.3 Å². The Kier molecular flexibility index (Phi) is 6.61. The maximum Gasteiger partial charge on any atom is 0.0603 e. The monoisotopic (exact) mass is 193 g/mol. The Morgan fingerprint density at radius 2 is 2.08 bits per heavy atom. The lowest BCUT2D eigenvalue weighted by Gasteiger charge is -2.10. The van der Waals surface area contributed by atoms with Crippen LogP contribution in [0.15, 0.2) is 0 Å². The summed E-state index contributed by atoms with van der Waals surface area (Å²) in [6, 6.07) is 0.142. The predicted octanol–water partition coefficient (Wildman–Crippen LogP) is 0.507. The summed E-state index contributed by atoms with van der Waals surface area (Å²) >= 11 is 0. The van der Waals surface area contributed by atoms with Gasteiger partial charge in [0.25, 0.3) is 0 Å². The molecule has 0 heterocycles. The number of rotatable bonds is 6. The Labute approximate surface area is 77.1 Å². The molecule has 0 bridgehead atoms. The average molecular weight is 193 g/mol. The van der Waals surface area contributed by atoms with Crippen molar-refractivity contribution in [2.24, 2.45) is 5.73 Å². The maximum atomic E-state index is 11.4. The summed E-state index contributed by atoms with van der Waals surface area (Å²) in [5.41, 5.74) is 5.55. The van der Waals surface area contributed by atoms with Gasteiger partial charge in [0.1, 0.15) is 0 Å². The van der Waals surface area contributed by atoms with E-state index < -0.39 is 10.8 Å². The Balaban J connectivity index is 3.57. The molecule has 12 heavy (non-hydrogen) atoms. The first-order chi connectivity index (χ1) is 5.57. The van der Waals surface area contributed by atoms with Crippen LogP contribution in [-0.2, 0) is 15.5 Å². The molecule has 3 unspecified atom stereocenters. The van der Waals surface area contributed by atoms with Crippen LogP contribution in [0.3, 0.4) is 0 Å². The van der Waals surface area contributed by atoms with Gasteiger partial charge in [-0.25, -0.2) is 0 Å². The molecule has 0 amide bonds. The van der Waals surface area contributed by atoms with E-state index in [1.807, 2.05) is 13.8 Å². The summed E-state index contributed by atoms with van der Waals surface area (Å²) in [6.07, 6.45) is 0.820. The first-order valence-electron chi connectivity index (χ1n) is 4.19. The molecule has 0 aromatic heterocycles. The molecule has 0 rings (SSSR count).